The molecule has 4 aromatic rings. The summed E-state index contributed by atoms with van der Waals surface area (Å²) in [4.78, 5) is 12.7. The summed E-state index contributed by atoms with van der Waals surface area (Å²) in [5.41, 5.74) is 5.08. The Bertz CT molecular complexity index is 1080. The summed E-state index contributed by atoms with van der Waals surface area (Å²) < 4.78 is 3.69. The molecule has 0 saturated heterocycles. The predicted molar refractivity (Wildman–Crippen MR) is 109 cm³/mol. The zero-order valence-corrected chi connectivity index (χ0v) is 15.8. The molecule has 4 rings (SSSR count). The van der Waals surface area contributed by atoms with Gasteiger partial charge in [0, 0.05) is 18.0 Å². The quantitative estimate of drug-likeness (QED) is 0.577. The van der Waals surface area contributed by atoms with Crippen LogP contribution >= 0.6 is 0 Å². The average molecular weight is 371 g/mol. The third kappa shape index (κ3) is 3.57. The number of anilines is 1. The van der Waals surface area contributed by atoms with Gasteiger partial charge in [-0.3, -0.25) is 9.48 Å². The lowest BCUT2D eigenvalue weighted by Crippen LogP contribution is -2.13. The van der Waals surface area contributed by atoms with Crippen molar-refractivity contribution in [1.82, 2.24) is 19.6 Å². The van der Waals surface area contributed by atoms with Crippen molar-refractivity contribution in [3.63, 3.8) is 0 Å². The number of aromatic nitrogens is 4. The van der Waals surface area contributed by atoms with Gasteiger partial charge in [-0.05, 0) is 49.7 Å². The average Bonchev–Trinajstić information content (AvgIpc) is 3.32. The first-order valence-electron chi connectivity index (χ1n) is 9.11. The SMILES string of the molecule is Cc1nn(-c2ccccc2)c(C)c1NC(=O)c1ccc(Cn2cccn2)cc1. The number of rotatable bonds is 5. The minimum absolute atomic E-state index is 0.149. The van der Waals surface area contributed by atoms with Crippen LogP contribution in [0.5, 0.6) is 0 Å². The number of hydrogen-bond donors (Lipinski definition) is 1. The molecule has 140 valence electrons. The van der Waals surface area contributed by atoms with Gasteiger partial charge in [-0.2, -0.15) is 10.2 Å². The summed E-state index contributed by atoms with van der Waals surface area (Å²) in [6.45, 7) is 4.53. The summed E-state index contributed by atoms with van der Waals surface area (Å²) in [5, 5.41) is 11.8. The molecule has 2 aromatic carbocycles. The summed E-state index contributed by atoms with van der Waals surface area (Å²) in [7, 11) is 0. The van der Waals surface area contributed by atoms with E-state index < -0.39 is 0 Å². The molecule has 0 aliphatic carbocycles. The summed E-state index contributed by atoms with van der Waals surface area (Å²) in [5.74, 6) is -0.149. The van der Waals surface area contributed by atoms with Crippen LogP contribution < -0.4 is 5.32 Å². The maximum atomic E-state index is 12.7. The maximum absolute atomic E-state index is 12.7. The van der Waals surface area contributed by atoms with Gasteiger partial charge < -0.3 is 5.32 Å². The predicted octanol–water partition coefficient (Wildman–Crippen LogP) is 3.99. The van der Waals surface area contributed by atoms with Gasteiger partial charge in [-0.15, -0.1) is 0 Å². The van der Waals surface area contributed by atoms with Gasteiger partial charge in [0.05, 0.1) is 29.3 Å². The van der Waals surface area contributed by atoms with Crippen LogP contribution in [0.2, 0.25) is 0 Å². The molecule has 0 atom stereocenters. The minimum Gasteiger partial charge on any atom is -0.319 e. The molecule has 0 aliphatic rings. The number of benzene rings is 2. The molecule has 6 nitrogen and oxygen atoms in total. The van der Waals surface area contributed by atoms with E-state index in [1.165, 1.54) is 0 Å². The highest BCUT2D eigenvalue weighted by molar-refractivity contribution is 6.04. The number of para-hydroxylation sites is 1. The Morgan fingerprint density at radius 1 is 1.00 bits per heavy atom. The first kappa shape index (κ1) is 17.7. The Kier molecular flexibility index (Phi) is 4.76. The summed E-state index contributed by atoms with van der Waals surface area (Å²) in [6, 6.07) is 19.3. The lowest BCUT2D eigenvalue weighted by atomic mass is 10.1. The van der Waals surface area contributed by atoms with Gasteiger partial charge in [-0.1, -0.05) is 30.3 Å². The molecule has 0 bridgehead atoms. The standard InChI is InChI=1S/C22H21N5O/c1-16-21(17(2)27(25-16)20-7-4-3-5-8-20)24-22(28)19-11-9-18(10-12-19)15-26-14-6-13-23-26/h3-14H,15H2,1-2H3,(H,24,28). The van der Waals surface area contributed by atoms with Crippen molar-refractivity contribution in [2.24, 2.45) is 0 Å². The highest BCUT2D eigenvalue weighted by atomic mass is 16.1. The smallest absolute Gasteiger partial charge is 0.255 e. The number of nitrogens with zero attached hydrogens (tertiary/aromatic N) is 4. The van der Waals surface area contributed by atoms with Crippen molar-refractivity contribution < 1.29 is 4.79 Å². The van der Waals surface area contributed by atoms with E-state index in [4.69, 9.17) is 0 Å². The van der Waals surface area contributed by atoms with Crippen LogP contribution in [0.3, 0.4) is 0 Å². The molecule has 0 aliphatic heterocycles. The first-order chi connectivity index (χ1) is 13.6. The van der Waals surface area contributed by atoms with Crippen LogP contribution in [0.1, 0.15) is 27.3 Å². The Hall–Kier alpha value is -3.67. The molecular weight excluding hydrogens is 350 g/mol. The molecule has 2 aromatic heterocycles. The van der Waals surface area contributed by atoms with Crippen LogP contribution in [-0.4, -0.2) is 25.5 Å². The second kappa shape index (κ2) is 7.52. The second-order valence-corrected chi connectivity index (χ2v) is 6.65. The van der Waals surface area contributed by atoms with E-state index in [0.29, 0.717) is 12.1 Å². The fourth-order valence-electron chi connectivity index (χ4n) is 3.17. The molecule has 0 spiro atoms. The van der Waals surface area contributed by atoms with Crippen molar-refractivity contribution in [3.8, 4) is 5.69 Å². The molecule has 2 heterocycles. The molecule has 0 fully saturated rings. The van der Waals surface area contributed by atoms with E-state index in [1.807, 2.05) is 90.1 Å². The second-order valence-electron chi connectivity index (χ2n) is 6.65. The first-order valence-corrected chi connectivity index (χ1v) is 9.11. The Labute approximate surface area is 163 Å². The van der Waals surface area contributed by atoms with Gasteiger partial charge >= 0.3 is 0 Å². The van der Waals surface area contributed by atoms with Crippen molar-refractivity contribution in [2.75, 3.05) is 5.32 Å². The van der Waals surface area contributed by atoms with Gasteiger partial charge in [-0.25, -0.2) is 4.68 Å². The number of hydrogen-bond acceptors (Lipinski definition) is 3. The fourth-order valence-corrected chi connectivity index (χ4v) is 3.17. The largest absolute Gasteiger partial charge is 0.319 e. The zero-order valence-electron chi connectivity index (χ0n) is 15.8. The minimum atomic E-state index is -0.149. The zero-order chi connectivity index (χ0) is 19.5. The van der Waals surface area contributed by atoms with Crippen molar-refractivity contribution >= 4 is 11.6 Å². The highest BCUT2D eigenvalue weighted by Gasteiger charge is 2.16. The van der Waals surface area contributed by atoms with Gasteiger partial charge in [0.15, 0.2) is 0 Å². The third-order valence-corrected chi connectivity index (χ3v) is 4.65. The van der Waals surface area contributed by atoms with E-state index >= 15 is 0 Å². The molecule has 0 saturated carbocycles. The summed E-state index contributed by atoms with van der Waals surface area (Å²) in [6.07, 6.45) is 3.67. The molecule has 0 radical (unpaired) electrons. The fraction of sp³-hybridized carbons (Fsp3) is 0.136. The van der Waals surface area contributed by atoms with E-state index in [-0.39, 0.29) is 5.91 Å². The third-order valence-electron chi connectivity index (χ3n) is 4.65. The Morgan fingerprint density at radius 2 is 1.75 bits per heavy atom. The van der Waals surface area contributed by atoms with Crippen LogP contribution in [0.4, 0.5) is 5.69 Å². The van der Waals surface area contributed by atoms with Crippen LogP contribution in [-0.2, 0) is 6.54 Å². The lowest BCUT2D eigenvalue weighted by Gasteiger charge is -2.08. The van der Waals surface area contributed by atoms with Crippen molar-refractivity contribution in [3.05, 3.63) is 95.6 Å². The number of aryl methyl sites for hydroxylation is 1. The van der Waals surface area contributed by atoms with E-state index in [0.717, 1.165) is 28.3 Å². The van der Waals surface area contributed by atoms with Crippen LogP contribution in [0, 0.1) is 13.8 Å². The molecule has 1 N–H and O–H groups in total. The monoisotopic (exact) mass is 371 g/mol. The summed E-state index contributed by atoms with van der Waals surface area (Å²) >= 11 is 0. The number of carbonyl (C=O) groups is 1. The maximum Gasteiger partial charge on any atom is 0.255 e. The molecule has 0 unspecified atom stereocenters. The molecular formula is C22H21N5O. The Balaban J connectivity index is 1.51. The Morgan fingerprint density at radius 3 is 2.43 bits per heavy atom. The molecule has 28 heavy (non-hydrogen) atoms. The van der Waals surface area contributed by atoms with Crippen molar-refractivity contribution in [2.45, 2.75) is 20.4 Å². The molecule has 6 heteroatoms. The van der Waals surface area contributed by atoms with E-state index in [9.17, 15) is 4.79 Å². The topological polar surface area (TPSA) is 64.7 Å². The number of carbonyl (C=O) groups excluding carboxylic acids is 1. The van der Waals surface area contributed by atoms with Crippen LogP contribution in [0.15, 0.2) is 73.1 Å². The highest BCUT2D eigenvalue weighted by Crippen LogP contribution is 2.23. The molecule has 1 amide bonds. The number of amides is 1. The van der Waals surface area contributed by atoms with Gasteiger partial charge in [0.25, 0.3) is 5.91 Å². The van der Waals surface area contributed by atoms with E-state index in [2.05, 4.69) is 15.5 Å². The van der Waals surface area contributed by atoms with Crippen molar-refractivity contribution in [1.29, 1.82) is 0 Å². The van der Waals surface area contributed by atoms with Gasteiger partial charge in [0.2, 0.25) is 0 Å². The lowest BCUT2D eigenvalue weighted by molar-refractivity contribution is 0.102. The number of nitrogens with one attached hydrogen (secondary N) is 1. The van der Waals surface area contributed by atoms with Gasteiger partial charge in [0.1, 0.15) is 0 Å². The van der Waals surface area contributed by atoms with Crippen LogP contribution in [0.25, 0.3) is 5.69 Å². The van der Waals surface area contributed by atoms with E-state index in [1.54, 1.807) is 6.20 Å². The normalized spacial score (nSPS) is 10.8.